The highest BCUT2D eigenvalue weighted by molar-refractivity contribution is 5.76. The molecular weight excluding hydrogens is 291 g/mol. The SMILES string of the molecule is O=C(N1CCCCC1)N1[C@@H]2CC[C@H]1C[C@@H](c1ccc(F)cc1)C2. The van der Waals surface area contributed by atoms with Gasteiger partial charge in [-0.2, -0.15) is 0 Å². The second kappa shape index (κ2) is 6.14. The Kier molecular flexibility index (Phi) is 4.00. The van der Waals surface area contributed by atoms with Gasteiger partial charge in [0.25, 0.3) is 0 Å². The van der Waals surface area contributed by atoms with Gasteiger partial charge in [0.1, 0.15) is 5.82 Å². The van der Waals surface area contributed by atoms with Gasteiger partial charge >= 0.3 is 6.03 Å². The highest BCUT2D eigenvalue weighted by Crippen LogP contribution is 2.43. The molecule has 0 N–H and O–H groups in total. The molecule has 2 bridgehead atoms. The molecule has 3 aliphatic rings. The molecule has 3 aliphatic heterocycles. The van der Waals surface area contributed by atoms with Crippen LogP contribution in [0.3, 0.4) is 0 Å². The third kappa shape index (κ3) is 2.84. The maximum atomic E-state index is 13.1. The normalized spacial score (nSPS) is 30.6. The molecule has 0 saturated carbocycles. The molecule has 1 aromatic rings. The summed E-state index contributed by atoms with van der Waals surface area (Å²) in [6.45, 7) is 1.85. The van der Waals surface area contributed by atoms with Gasteiger partial charge in [-0.1, -0.05) is 12.1 Å². The minimum Gasteiger partial charge on any atom is -0.325 e. The van der Waals surface area contributed by atoms with E-state index in [0.29, 0.717) is 18.0 Å². The molecule has 0 spiro atoms. The van der Waals surface area contributed by atoms with E-state index in [2.05, 4.69) is 9.80 Å². The van der Waals surface area contributed by atoms with Crippen molar-refractivity contribution in [1.82, 2.24) is 9.80 Å². The van der Waals surface area contributed by atoms with Gasteiger partial charge in [0.05, 0.1) is 0 Å². The van der Waals surface area contributed by atoms with Crippen molar-refractivity contribution in [3.05, 3.63) is 35.6 Å². The first kappa shape index (κ1) is 15.0. The number of hydrogen-bond donors (Lipinski definition) is 0. The third-order valence-corrected chi connectivity index (χ3v) is 5.92. The number of carbonyl (C=O) groups is 1. The zero-order valence-corrected chi connectivity index (χ0v) is 13.6. The van der Waals surface area contributed by atoms with Crippen LogP contribution < -0.4 is 0 Å². The van der Waals surface area contributed by atoms with Gasteiger partial charge in [-0.15, -0.1) is 0 Å². The lowest BCUT2D eigenvalue weighted by molar-refractivity contribution is 0.0991. The van der Waals surface area contributed by atoms with Gasteiger partial charge < -0.3 is 9.80 Å². The zero-order chi connectivity index (χ0) is 15.8. The van der Waals surface area contributed by atoms with Crippen molar-refractivity contribution in [1.29, 1.82) is 0 Å². The topological polar surface area (TPSA) is 23.6 Å². The van der Waals surface area contributed by atoms with Crippen molar-refractivity contribution in [3.8, 4) is 0 Å². The van der Waals surface area contributed by atoms with Gasteiger partial charge in [-0.25, -0.2) is 9.18 Å². The molecule has 23 heavy (non-hydrogen) atoms. The summed E-state index contributed by atoms with van der Waals surface area (Å²) < 4.78 is 13.1. The Morgan fingerprint density at radius 2 is 1.57 bits per heavy atom. The van der Waals surface area contributed by atoms with Crippen LogP contribution in [0.4, 0.5) is 9.18 Å². The molecule has 3 atom stereocenters. The van der Waals surface area contributed by atoms with Gasteiger partial charge in [-0.3, -0.25) is 0 Å². The number of carbonyl (C=O) groups excluding carboxylic acids is 1. The summed E-state index contributed by atoms with van der Waals surface area (Å²) in [5.74, 6) is 0.299. The van der Waals surface area contributed by atoms with E-state index in [4.69, 9.17) is 0 Å². The standard InChI is InChI=1S/C19H25FN2O/c20-16-6-4-14(5-7-16)15-12-17-8-9-18(13-15)22(17)19(23)21-10-2-1-3-11-21/h4-7,15,17-18H,1-3,8-13H2/t15-,17+,18-. The molecule has 1 aromatic carbocycles. The fourth-order valence-corrected chi connectivity index (χ4v) is 4.74. The summed E-state index contributed by atoms with van der Waals surface area (Å²) in [6, 6.07) is 7.97. The predicted octanol–water partition coefficient (Wildman–Crippen LogP) is 4.14. The number of nitrogens with zero attached hydrogens (tertiary/aromatic N) is 2. The maximum Gasteiger partial charge on any atom is 0.320 e. The smallest absolute Gasteiger partial charge is 0.320 e. The van der Waals surface area contributed by atoms with Crippen LogP contribution in [0.25, 0.3) is 0 Å². The number of halogens is 1. The second-order valence-corrected chi connectivity index (χ2v) is 7.34. The van der Waals surface area contributed by atoms with Crippen molar-refractivity contribution in [3.63, 3.8) is 0 Å². The minimum atomic E-state index is -0.172. The van der Waals surface area contributed by atoms with Crippen LogP contribution in [-0.4, -0.2) is 41.0 Å². The van der Waals surface area contributed by atoms with Crippen molar-refractivity contribution >= 4 is 6.03 Å². The first-order chi connectivity index (χ1) is 11.2. The lowest BCUT2D eigenvalue weighted by atomic mass is 9.85. The van der Waals surface area contributed by atoms with Gasteiger partial charge in [0.2, 0.25) is 0 Å². The number of rotatable bonds is 1. The third-order valence-electron chi connectivity index (χ3n) is 5.92. The Morgan fingerprint density at radius 1 is 0.957 bits per heavy atom. The molecule has 3 nitrogen and oxygen atoms in total. The van der Waals surface area contributed by atoms with Crippen LogP contribution in [0.1, 0.15) is 56.4 Å². The molecular formula is C19H25FN2O. The van der Waals surface area contributed by atoms with E-state index in [0.717, 1.165) is 51.6 Å². The van der Waals surface area contributed by atoms with Crippen LogP contribution in [0.15, 0.2) is 24.3 Å². The van der Waals surface area contributed by atoms with Crippen LogP contribution in [-0.2, 0) is 0 Å². The molecule has 0 aromatic heterocycles. The highest BCUT2D eigenvalue weighted by Gasteiger charge is 2.44. The molecule has 3 saturated heterocycles. The number of fused-ring (bicyclic) bond motifs is 2. The zero-order valence-electron chi connectivity index (χ0n) is 13.6. The number of piperidine rings is 2. The van der Waals surface area contributed by atoms with E-state index in [1.54, 1.807) is 12.1 Å². The molecule has 2 amide bonds. The fraction of sp³-hybridized carbons (Fsp3) is 0.632. The fourth-order valence-electron chi connectivity index (χ4n) is 4.74. The van der Waals surface area contributed by atoms with Crippen molar-refractivity contribution in [2.75, 3.05) is 13.1 Å². The quantitative estimate of drug-likeness (QED) is 0.764. The summed E-state index contributed by atoms with van der Waals surface area (Å²) in [7, 11) is 0. The monoisotopic (exact) mass is 316 g/mol. The lowest BCUT2D eigenvalue weighted by Crippen LogP contribution is -2.53. The average molecular weight is 316 g/mol. The van der Waals surface area contributed by atoms with Gasteiger partial charge in [-0.05, 0) is 68.6 Å². The summed E-state index contributed by atoms with van der Waals surface area (Å²) in [5, 5.41) is 0. The number of urea groups is 1. The Morgan fingerprint density at radius 3 is 2.17 bits per heavy atom. The number of likely N-dealkylation sites (tertiary alicyclic amines) is 1. The molecule has 4 heteroatoms. The molecule has 0 radical (unpaired) electrons. The molecule has 0 unspecified atom stereocenters. The van der Waals surface area contributed by atoms with E-state index < -0.39 is 0 Å². The van der Waals surface area contributed by atoms with Crippen molar-refractivity contribution < 1.29 is 9.18 Å². The van der Waals surface area contributed by atoms with E-state index in [1.807, 2.05) is 12.1 Å². The summed E-state index contributed by atoms with van der Waals surface area (Å²) in [5.41, 5.74) is 1.23. The number of hydrogen-bond acceptors (Lipinski definition) is 1. The predicted molar refractivity (Wildman–Crippen MR) is 87.8 cm³/mol. The maximum absolute atomic E-state index is 13.1. The first-order valence-electron chi connectivity index (χ1n) is 9.05. The molecule has 3 fully saturated rings. The number of benzene rings is 1. The van der Waals surface area contributed by atoms with E-state index in [-0.39, 0.29) is 11.8 Å². The Bertz CT molecular complexity index is 553. The highest BCUT2D eigenvalue weighted by atomic mass is 19.1. The van der Waals surface area contributed by atoms with Crippen molar-refractivity contribution in [2.24, 2.45) is 0 Å². The van der Waals surface area contributed by atoms with Gasteiger partial charge in [0, 0.05) is 25.2 Å². The molecule has 0 aliphatic carbocycles. The Labute approximate surface area is 137 Å². The molecule has 4 rings (SSSR count). The van der Waals surface area contributed by atoms with Gasteiger partial charge in [0.15, 0.2) is 0 Å². The minimum absolute atomic E-state index is 0.172. The van der Waals surface area contributed by atoms with E-state index >= 15 is 0 Å². The van der Waals surface area contributed by atoms with Crippen LogP contribution in [0.5, 0.6) is 0 Å². The van der Waals surface area contributed by atoms with E-state index in [1.165, 1.54) is 12.0 Å². The first-order valence-corrected chi connectivity index (χ1v) is 9.05. The van der Waals surface area contributed by atoms with E-state index in [9.17, 15) is 9.18 Å². The average Bonchev–Trinajstić information content (AvgIpc) is 2.85. The second-order valence-electron chi connectivity index (χ2n) is 7.34. The molecule has 124 valence electrons. The van der Waals surface area contributed by atoms with Crippen LogP contribution in [0, 0.1) is 5.82 Å². The lowest BCUT2D eigenvalue weighted by Gasteiger charge is -2.42. The number of amides is 2. The summed E-state index contributed by atoms with van der Waals surface area (Å²) in [6.07, 6.45) is 7.86. The molecule has 3 heterocycles. The Hall–Kier alpha value is -1.58. The summed E-state index contributed by atoms with van der Waals surface area (Å²) in [4.78, 5) is 17.2. The Balaban J connectivity index is 1.47. The van der Waals surface area contributed by atoms with Crippen LogP contribution in [0.2, 0.25) is 0 Å². The van der Waals surface area contributed by atoms with Crippen LogP contribution >= 0.6 is 0 Å². The largest absolute Gasteiger partial charge is 0.325 e. The summed E-state index contributed by atoms with van der Waals surface area (Å²) >= 11 is 0. The van der Waals surface area contributed by atoms with Crippen molar-refractivity contribution in [2.45, 2.75) is 62.9 Å².